The van der Waals surface area contributed by atoms with E-state index in [-0.39, 0.29) is 29.6 Å². The standard InChI is InChI=1S/C19H26N2O3/c1-24-15-7-5-13(6-8-15)18(22)14-9-11-21(12-10-14)19(23)16-3-2-4-17(16)20/h5-8,14,16-17H,2-4,9-12,20H2,1H3/t16-,17+/m0/s1. The third kappa shape index (κ3) is 3.46. The highest BCUT2D eigenvalue weighted by molar-refractivity contribution is 5.98. The van der Waals surface area contributed by atoms with Crippen LogP contribution in [0.4, 0.5) is 0 Å². The molecule has 3 rings (SSSR count). The zero-order valence-electron chi connectivity index (χ0n) is 14.2. The fraction of sp³-hybridized carbons (Fsp3) is 0.579. The Morgan fingerprint density at radius 2 is 1.75 bits per heavy atom. The van der Waals surface area contributed by atoms with E-state index in [0.29, 0.717) is 13.1 Å². The Hall–Kier alpha value is -1.88. The number of likely N-dealkylation sites (tertiary alicyclic amines) is 1. The van der Waals surface area contributed by atoms with Gasteiger partial charge in [-0.25, -0.2) is 0 Å². The summed E-state index contributed by atoms with van der Waals surface area (Å²) < 4.78 is 5.13. The van der Waals surface area contributed by atoms with Gasteiger partial charge in [-0.05, 0) is 49.9 Å². The van der Waals surface area contributed by atoms with Crippen LogP contribution in [0.3, 0.4) is 0 Å². The number of hydrogen-bond acceptors (Lipinski definition) is 4. The second-order valence-corrected chi connectivity index (χ2v) is 6.89. The zero-order chi connectivity index (χ0) is 17.1. The van der Waals surface area contributed by atoms with Crippen LogP contribution in [0.5, 0.6) is 5.75 Å². The molecule has 0 unspecified atom stereocenters. The van der Waals surface area contributed by atoms with Crippen LogP contribution in [0.15, 0.2) is 24.3 Å². The van der Waals surface area contributed by atoms with Crippen molar-refractivity contribution in [1.82, 2.24) is 4.90 Å². The zero-order valence-corrected chi connectivity index (χ0v) is 14.2. The van der Waals surface area contributed by atoms with Gasteiger partial charge in [0.2, 0.25) is 5.91 Å². The summed E-state index contributed by atoms with van der Waals surface area (Å²) in [4.78, 5) is 27.1. The molecule has 2 atom stereocenters. The van der Waals surface area contributed by atoms with Crippen molar-refractivity contribution in [2.75, 3.05) is 20.2 Å². The normalized spacial score (nSPS) is 24.8. The highest BCUT2D eigenvalue weighted by atomic mass is 16.5. The number of benzene rings is 1. The summed E-state index contributed by atoms with van der Waals surface area (Å²) in [6.07, 6.45) is 4.37. The molecule has 1 amide bonds. The van der Waals surface area contributed by atoms with E-state index in [0.717, 1.165) is 43.4 Å². The molecule has 24 heavy (non-hydrogen) atoms. The first-order chi connectivity index (χ1) is 11.6. The van der Waals surface area contributed by atoms with Crippen LogP contribution in [0.2, 0.25) is 0 Å². The molecule has 0 aromatic heterocycles. The van der Waals surface area contributed by atoms with E-state index in [1.54, 1.807) is 7.11 Å². The molecule has 2 N–H and O–H groups in total. The molecule has 5 nitrogen and oxygen atoms in total. The summed E-state index contributed by atoms with van der Waals surface area (Å²) in [7, 11) is 1.61. The molecule has 1 aliphatic carbocycles. The number of methoxy groups -OCH3 is 1. The van der Waals surface area contributed by atoms with Gasteiger partial charge in [-0.2, -0.15) is 0 Å². The summed E-state index contributed by atoms with van der Waals surface area (Å²) in [6.45, 7) is 1.32. The number of amides is 1. The SMILES string of the molecule is COc1ccc(C(=O)C2CCN(C(=O)[C@H]3CCC[C@H]3N)CC2)cc1. The van der Waals surface area contributed by atoms with Crippen molar-refractivity contribution in [2.45, 2.75) is 38.1 Å². The Morgan fingerprint density at radius 3 is 2.29 bits per heavy atom. The highest BCUT2D eigenvalue weighted by Crippen LogP contribution is 2.29. The van der Waals surface area contributed by atoms with Crippen LogP contribution in [-0.2, 0) is 4.79 Å². The second kappa shape index (κ2) is 7.34. The molecule has 0 bridgehead atoms. The van der Waals surface area contributed by atoms with Crippen LogP contribution in [0.1, 0.15) is 42.5 Å². The molecule has 130 valence electrons. The van der Waals surface area contributed by atoms with Crippen LogP contribution in [-0.4, -0.2) is 42.8 Å². The lowest BCUT2D eigenvalue weighted by molar-refractivity contribution is -0.137. The largest absolute Gasteiger partial charge is 0.497 e. The van der Waals surface area contributed by atoms with Crippen molar-refractivity contribution in [3.05, 3.63) is 29.8 Å². The van der Waals surface area contributed by atoms with E-state index in [9.17, 15) is 9.59 Å². The number of Topliss-reactive ketones (excluding diaryl/α,β-unsaturated/α-hetero) is 1. The van der Waals surface area contributed by atoms with Crippen LogP contribution < -0.4 is 10.5 Å². The summed E-state index contributed by atoms with van der Waals surface area (Å²) in [5.41, 5.74) is 6.77. The molecule has 1 aromatic rings. The van der Waals surface area contributed by atoms with Gasteiger partial charge in [-0.1, -0.05) is 6.42 Å². The van der Waals surface area contributed by atoms with Gasteiger partial charge in [0.05, 0.1) is 13.0 Å². The van der Waals surface area contributed by atoms with Gasteiger partial charge >= 0.3 is 0 Å². The van der Waals surface area contributed by atoms with Crippen molar-refractivity contribution in [1.29, 1.82) is 0 Å². The number of rotatable bonds is 4. The molecule has 1 aromatic carbocycles. The van der Waals surface area contributed by atoms with Crippen molar-refractivity contribution >= 4 is 11.7 Å². The average molecular weight is 330 g/mol. The number of hydrogen-bond donors (Lipinski definition) is 1. The molecular formula is C19H26N2O3. The van der Waals surface area contributed by atoms with Gasteiger partial charge in [-0.3, -0.25) is 9.59 Å². The molecule has 5 heteroatoms. The Morgan fingerprint density at radius 1 is 1.08 bits per heavy atom. The maximum absolute atomic E-state index is 12.6. The fourth-order valence-electron chi connectivity index (χ4n) is 3.88. The second-order valence-electron chi connectivity index (χ2n) is 6.89. The first-order valence-electron chi connectivity index (χ1n) is 8.83. The van der Waals surface area contributed by atoms with Crippen molar-refractivity contribution < 1.29 is 14.3 Å². The lowest BCUT2D eigenvalue weighted by Gasteiger charge is -2.33. The average Bonchev–Trinajstić information content (AvgIpc) is 3.06. The van der Waals surface area contributed by atoms with Gasteiger partial charge < -0.3 is 15.4 Å². The van der Waals surface area contributed by atoms with Gasteiger partial charge in [0.1, 0.15) is 5.75 Å². The molecule has 2 fully saturated rings. The number of ether oxygens (including phenoxy) is 1. The Bertz CT molecular complexity index is 591. The first-order valence-corrected chi connectivity index (χ1v) is 8.83. The van der Waals surface area contributed by atoms with E-state index in [2.05, 4.69) is 0 Å². The first kappa shape index (κ1) is 17.0. The molecule has 2 aliphatic rings. The fourth-order valence-corrected chi connectivity index (χ4v) is 3.88. The van der Waals surface area contributed by atoms with E-state index >= 15 is 0 Å². The minimum Gasteiger partial charge on any atom is -0.497 e. The quantitative estimate of drug-likeness (QED) is 0.860. The number of piperidine rings is 1. The smallest absolute Gasteiger partial charge is 0.227 e. The molecule has 1 aliphatic heterocycles. The third-order valence-electron chi connectivity index (χ3n) is 5.44. The van der Waals surface area contributed by atoms with E-state index in [4.69, 9.17) is 10.5 Å². The molecule has 1 saturated heterocycles. The monoisotopic (exact) mass is 330 g/mol. The molecule has 1 heterocycles. The maximum atomic E-state index is 12.6. The number of nitrogens with zero attached hydrogens (tertiary/aromatic N) is 1. The van der Waals surface area contributed by atoms with Crippen molar-refractivity contribution in [2.24, 2.45) is 17.6 Å². The lowest BCUT2D eigenvalue weighted by atomic mass is 9.88. The van der Waals surface area contributed by atoms with Crippen LogP contribution in [0.25, 0.3) is 0 Å². The highest BCUT2D eigenvalue weighted by Gasteiger charge is 2.35. The van der Waals surface area contributed by atoms with Gasteiger partial charge in [0.25, 0.3) is 0 Å². The van der Waals surface area contributed by atoms with Crippen LogP contribution >= 0.6 is 0 Å². The Balaban J connectivity index is 1.56. The minimum absolute atomic E-state index is 0.000281. The van der Waals surface area contributed by atoms with Crippen molar-refractivity contribution in [3.8, 4) is 5.75 Å². The molecule has 0 spiro atoms. The number of carbonyl (C=O) groups excluding carboxylic acids is 2. The number of ketones is 1. The summed E-state index contributed by atoms with van der Waals surface area (Å²) in [6, 6.07) is 7.27. The maximum Gasteiger partial charge on any atom is 0.227 e. The molecule has 1 saturated carbocycles. The third-order valence-corrected chi connectivity index (χ3v) is 5.44. The van der Waals surface area contributed by atoms with Gasteiger partial charge in [-0.15, -0.1) is 0 Å². The van der Waals surface area contributed by atoms with Gasteiger partial charge in [0.15, 0.2) is 5.78 Å². The van der Waals surface area contributed by atoms with Gasteiger partial charge in [0, 0.05) is 30.6 Å². The van der Waals surface area contributed by atoms with E-state index < -0.39 is 0 Å². The predicted molar refractivity (Wildman–Crippen MR) is 91.9 cm³/mol. The number of nitrogens with two attached hydrogens (primary N) is 1. The molecule has 0 radical (unpaired) electrons. The lowest BCUT2D eigenvalue weighted by Crippen LogP contribution is -2.46. The van der Waals surface area contributed by atoms with Crippen LogP contribution in [0, 0.1) is 11.8 Å². The topological polar surface area (TPSA) is 72.6 Å². The summed E-state index contributed by atoms with van der Waals surface area (Å²) in [5.74, 6) is 1.09. The van der Waals surface area contributed by atoms with E-state index in [1.807, 2.05) is 29.2 Å². The minimum atomic E-state index is -0.0150. The molecular weight excluding hydrogens is 304 g/mol. The van der Waals surface area contributed by atoms with E-state index in [1.165, 1.54) is 0 Å². The Kier molecular flexibility index (Phi) is 5.19. The predicted octanol–water partition coefficient (Wildman–Crippen LogP) is 2.24. The number of carbonyl (C=O) groups is 2. The van der Waals surface area contributed by atoms with Crippen molar-refractivity contribution in [3.63, 3.8) is 0 Å². The summed E-state index contributed by atoms with van der Waals surface area (Å²) >= 11 is 0. The summed E-state index contributed by atoms with van der Waals surface area (Å²) in [5, 5.41) is 0. The Labute approximate surface area is 143 Å².